The molecule has 0 saturated heterocycles. The Morgan fingerprint density at radius 3 is 2.52 bits per heavy atom. The van der Waals surface area contributed by atoms with Gasteiger partial charge in [0.2, 0.25) is 0 Å². The summed E-state index contributed by atoms with van der Waals surface area (Å²) < 4.78 is 0. The third kappa shape index (κ3) is 5.60. The monoisotopic (exact) mass is 281 g/mol. The number of rotatable bonds is 4. The maximum absolute atomic E-state index is 8.56. The third-order valence-corrected chi connectivity index (χ3v) is 4.07. The van der Waals surface area contributed by atoms with Gasteiger partial charge in [0.15, 0.2) is 0 Å². The summed E-state index contributed by atoms with van der Waals surface area (Å²) in [6.45, 7) is 11.0. The first-order valence-corrected chi connectivity index (χ1v) is 7.66. The van der Waals surface area contributed by atoms with Gasteiger partial charge in [-0.15, -0.1) is 0 Å². The summed E-state index contributed by atoms with van der Waals surface area (Å²) in [6.07, 6.45) is 15.9. The van der Waals surface area contributed by atoms with Crippen molar-refractivity contribution in [1.29, 1.82) is 5.26 Å². The van der Waals surface area contributed by atoms with Crippen LogP contribution >= 0.6 is 0 Å². The van der Waals surface area contributed by atoms with Gasteiger partial charge in [-0.05, 0) is 56.6 Å². The molecule has 1 aliphatic rings. The molecule has 0 aromatic heterocycles. The lowest BCUT2D eigenvalue weighted by molar-refractivity contribution is 0.377. The molecule has 21 heavy (non-hydrogen) atoms. The predicted molar refractivity (Wildman–Crippen MR) is 91.7 cm³/mol. The van der Waals surface area contributed by atoms with E-state index in [9.17, 15) is 0 Å². The fourth-order valence-corrected chi connectivity index (χ4v) is 2.78. The van der Waals surface area contributed by atoms with E-state index in [0.717, 1.165) is 5.57 Å². The van der Waals surface area contributed by atoms with E-state index in [1.54, 1.807) is 6.08 Å². The highest BCUT2D eigenvalue weighted by atomic mass is 14.3. The van der Waals surface area contributed by atoms with Gasteiger partial charge in [-0.2, -0.15) is 5.26 Å². The van der Waals surface area contributed by atoms with Gasteiger partial charge in [0, 0.05) is 6.08 Å². The summed E-state index contributed by atoms with van der Waals surface area (Å²) in [5.41, 5.74) is 5.50. The maximum Gasteiger partial charge on any atom is 0.0914 e. The topological polar surface area (TPSA) is 23.8 Å². The highest BCUT2D eigenvalue weighted by Crippen LogP contribution is 2.40. The van der Waals surface area contributed by atoms with Crippen molar-refractivity contribution in [3.63, 3.8) is 0 Å². The molecule has 0 bridgehead atoms. The van der Waals surface area contributed by atoms with Gasteiger partial charge in [-0.3, -0.25) is 0 Å². The van der Waals surface area contributed by atoms with Crippen LogP contribution in [0.1, 0.15) is 53.9 Å². The van der Waals surface area contributed by atoms with Crippen LogP contribution in [0.15, 0.2) is 58.7 Å². The second kappa shape index (κ2) is 7.84. The molecule has 0 unspecified atom stereocenters. The number of nitrogens with zero attached hydrogens (tertiary/aromatic N) is 1. The van der Waals surface area contributed by atoms with Gasteiger partial charge in [0.25, 0.3) is 0 Å². The van der Waals surface area contributed by atoms with Crippen molar-refractivity contribution in [3.8, 4) is 6.07 Å². The summed E-state index contributed by atoms with van der Waals surface area (Å²) >= 11 is 0. The molecule has 0 saturated carbocycles. The van der Waals surface area contributed by atoms with Gasteiger partial charge in [-0.1, -0.05) is 55.4 Å². The zero-order valence-electron chi connectivity index (χ0n) is 14.0. The van der Waals surface area contributed by atoms with Crippen LogP contribution in [0.25, 0.3) is 0 Å². The Morgan fingerprint density at radius 2 is 1.90 bits per heavy atom. The Bertz CT molecular complexity index is 557. The molecule has 0 fully saturated rings. The van der Waals surface area contributed by atoms with Crippen molar-refractivity contribution < 1.29 is 0 Å². The van der Waals surface area contributed by atoms with Gasteiger partial charge in [0.05, 0.1) is 6.07 Å². The molecule has 1 rings (SSSR count). The quantitative estimate of drug-likeness (QED) is 0.455. The average Bonchev–Trinajstić information content (AvgIpc) is 2.37. The van der Waals surface area contributed by atoms with Crippen molar-refractivity contribution in [2.24, 2.45) is 5.41 Å². The van der Waals surface area contributed by atoms with E-state index in [-0.39, 0.29) is 0 Å². The zero-order chi connectivity index (χ0) is 15.9. The molecular formula is C20H27N. The minimum atomic E-state index is 0.293. The summed E-state index contributed by atoms with van der Waals surface area (Å²) in [4.78, 5) is 0. The van der Waals surface area contributed by atoms with E-state index in [2.05, 4.69) is 45.9 Å². The summed E-state index contributed by atoms with van der Waals surface area (Å²) in [5, 5.41) is 8.56. The molecular weight excluding hydrogens is 254 g/mol. The second-order valence-electron chi connectivity index (χ2n) is 6.55. The van der Waals surface area contributed by atoms with Gasteiger partial charge in [0.1, 0.15) is 0 Å². The average molecular weight is 281 g/mol. The molecule has 112 valence electrons. The largest absolute Gasteiger partial charge is 0.193 e. The van der Waals surface area contributed by atoms with Crippen molar-refractivity contribution >= 4 is 0 Å². The SMILES string of the molecule is CC1=C(\C=C/C(C)=C/C=C\C(C)=C\C#N)C(C)(C)CCC1. The number of allylic oxidation sites excluding steroid dienone is 10. The number of hydrogen-bond donors (Lipinski definition) is 0. The van der Waals surface area contributed by atoms with Crippen LogP contribution in [-0.4, -0.2) is 0 Å². The van der Waals surface area contributed by atoms with E-state index in [4.69, 9.17) is 5.26 Å². The van der Waals surface area contributed by atoms with Crippen molar-refractivity contribution in [2.45, 2.75) is 53.9 Å². The molecule has 0 amide bonds. The Hall–Kier alpha value is -1.81. The lowest BCUT2D eigenvalue weighted by Crippen LogP contribution is -2.19. The Labute approximate surface area is 130 Å². The van der Waals surface area contributed by atoms with Gasteiger partial charge in [-0.25, -0.2) is 0 Å². The van der Waals surface area contributed by atoms with Crippen LogP contribution < -0.4 is 0 Å². The first-order valence-electron chi connectivity index (χ1n) is 7.66. The predicted octanol–water partition coefficient (Wildman–Crippen LogP) is 6.04. The van der Waals surface area contributed by atoms with Crippen molar-refractivity contribution in [2.75, 3.05) is 0 Å². The highest BCUT2D eigenvalue weighted by molar-refractivity contribution is 5.37. The molecule has 1 aliphatic carbocycles. The van der Waals surface area contributed by atoms with Crippen molar-refractivity contribution in [1.82, 2.24) is 0 Å². The number of nitriles is 1. The fourth-order valence-electron chi connectivity index (χ4n) is 2.78. The van der Waals surface area contributed by atoms with Crippen LogP contribution in [0.4, 0.5) is 0 Å². The van der Waals surface area contributed by atoms with E-state index in [1.807, 2.05) is 25.1 Å². The summed E-state index contributed by atoms with van der Waals surface area (Å²) in [7, 11) is 0. The maximum atomic E-state index is 8.56. The van der Waals surface area contributed by atoms with Crippen LogP contribution in [0.2, 0.25) is 0 Å². The Kier molecular flexibility index (Phi) is 6.43. The van der Waals surface area contributed by atoms with Crippen LogP contribution in [0.5, 0.6) is 0 Å². The molecule has 0 aromatic carbocycles. The summed E-state index contributed by atoms with van der Waals surface area (Å²) in [5.74, 6) is 0. The molecule has 0 aliphatic heterocycles. The fraction of sp³-hybridized carbons (Fsp3) is 0.450. The van der Waals surface area contributed by atoms with Crippen molar-refractivity contribution in [3.05, 3.63) is 58.7 Å². The van der Waals surface area contributed by atoms with Crippen LogP contribution in [-0.2, 0) is 0 Å². The molecule has 0 N–H and O–H groups in total. The molecule has 0 heterocycles. The smallest absolute Gasteiger partial charge is 0.0914 e. The van der Waals surface area contributed by atoms with Crippen LogP contribution in [0, 0.1) is 16.7 Å². The standard InChI is InChI=1S/C20H27N/c1-16(8-6-9-17(2)13-15-21)11-12-19-18(3)10-7-14-20(19,4)5/h6,8-9,11-13H,7,10,14H2,1-5H3/b9-6-,12-11-,16-8+,17-13+. The molecule has 0 atom stereocenters. The third-order valence-electron chi connectivity index (χ3n) is 4.07. The lowest BCUT2D eigenvalue weighted by Gasteiger charge is -2.32. The minimum Gasteiger partial charge on any atom is -0.193 e. The summed E-state index contributed by atoms with van der Waals surface area (Å²) in [6, 6.07) is 2.03. The molecule has 0 aromatic rings. The highest BCUT2D eigenvalue weighted by Gasteiger charge is 2.26. The van der Waals surface area contributed by atoms with Gasteiger partial charge >= 0.3 is 0 Å². The molecule has 1 nitrogen and oxygen atoms in total. The second-order valence-corrected chi connectivity index (χ2v) is 6.55. The molecule has 0 radical (unpaired) electrons. The Morgan fingerprint density at radius 1 is 1.19 bits per heavy atom. The molecule has 0 spiro atoms. The van der Waals surface area contributed by atoms with Gasteiger partial charge < -0.3 is 0 Å². The number of hydrogen-bond acceptors (Lipinski definition) is 1. The normalized spacial score (nSPS) is 20.4. The zero-order valence-corrected chi connectivity index (χ0v) is 14.0. The lowest BCUT2D eigenvalue weighted by atomic mass is 9.72. The molecule has 1 heteroatoms. The van der Waals surface area contributed by atoms with E-state index < -0.39 is 0 Å². The van der Waals surface area contributed by atoms with E-state index in [0.29, 0.717) is 5.41 Å². The Balaban J connectivity index is 2.80. The van der Waals surface area contributed by atoms with E-state index >= 15 is 0 Å². The first kappa shape index (κ1) is 17.2. The first-order chi connectivity index (χ1) is 9.86. The van der Waals surface area contributed by atoms with Crippen LogP contribution in [0.3, 0.4) is 0 Å². The minimum absolute atomic E-state index is 0.293. The van der Waals surface area contributed by atoms with E-state index in [1.165, 1.54) is 36.0 Å².